The van der Waals surface area contributed by atoms with Crippen LogP contribution in [0.2, 0.25) is 5.02 Å². The van der Waals surface area contributed by atoms with Crippen LogP contribution in [-0.4, -0.2) is 36.6 Å². The summed E-state index contributed by atoms with van der Waals surface area (Å²) in [5.74, 6) is 1.09. The molecule has 0 spiro atoms. The lowest BCUT2D eigenvalue weighted by atomic mass is 10.1. The third-order valence-corrected chi connectivity index (χ3v) is 4.56. The predicted molar refractivity (Wildman–Crippen MR) is 108 cm³/mol. The molecule has 0 aliphatic rings. The number of nitrogens with zero attached hydrogens (tertiary/aromatic N) is 2. The lowest BCUT2D eigenvalue weighted by molar-refractivity contribution is -0.144. The Bertz CT molecular complexity index is 950. The molecule has 0 aliphatic heterocycles. The highest BCUT2D eigenvalue weighted by molar-refractivity contribution is 6.35. The number of benzene rings is 2. The van der Waals surface area contributed by atoms with Gasteiger partial charge < -0.3 is 14.2 Å². The molecule has 0 saturated carbocycles. The molecule has 3 aromatic rings. The Morgan fingerprint density at radius 2 is 1.50 bits per heavy atom. The number of hydrogen-bond donors (Lipinski definition) is 0. The Morgan fingerprint density at radius 1 is 0.964 bits per heavy atom. The lowest BCUT2D eigenvalue weighted by Gasteiger charge is -2.08. The Hall–Kier alpha value is -2.99. The molecule has 0 unspecified atom stereocenters. The predicted octanol–water partition coefficient (Wildman–Crippen LogP) is 4.45. The first-order valence-electron chi connectivity index (χ1n) is 8.78. The first kappa shape index (κ1) is 19.8. The van der Waals surface area contributed by atoms with Crippen LogP contribution >= 0.6 is 11.6 Å². The zero-order chi connectivity index (χ0) is 20.1. The molecule has 6 nitrogen and oxygen atoms in total. The number of aromatic nitrogens is 2. The second-order valence-electron chi connectivity index (χ2n) is 5.93. The van der Waals surface area contributed by atoms with Gasteiger partial charge in [0.2, 0.25) is 0 Å². The molecular weight excluding hydrogens is 380 g/mol. The summed E-state index contributed by atoms with van der Waals surface area (Å²) in [6.45, 7) is 2.03. The summed E-state index contributed by atoms with van der Waals surface area (Å²) in [6.07, 6.45) is 0. The standard InChI is InChI=1S/C21H21ClN2O4/c1-4-28-18(25)13-24-21(15-7-11-17(27-3)12-8-15)19(22)20(23-24)14-5-9-16(26-2)10-6-14/h5-12H,4,13H2,1-3H3. The number of rotatable bonds is 7. The molecule has 0 N–H and O–H groups in total. The summed E-state index contributed by atoms with van der Waals surface area (Å²) in [4.78, 5) is 12.1. The van der Waals surface area contributed by atoms with Gasteiger partial charge in [-0.15, -0.1) is 0 Å². The molecule has 2 aromatic carbocycles. The lowest BCUT2D eigenvalue weighted by Crippen LogP contribution is -2.15. The molecular formula is C21H21ClN2O4. The van der Waals surface area contributed by atoms with Crippen molar-refractivity contribution >= 4 is 17.6 Å². The van der Waals surface area contributed by atoms with Crippen LogP contribution in [0.25, 0.3) is 22.5 Å². The fraction of sp³-hybridized carbons (Fsp3) is 0.238. The van der Waals surface area contributed by atoms with E-state index in [-0.39, 0.29) is 12.5 Å². The third kappa shape index (κ3) is 4.12. The fourth-order valence-corrected chi connectivity index (χ4v) is 3.19. The maximum absolute atomic E-state index is 12.1. The van der Waals surface area contributed by atoms with Crippen LogP contribution in [0.1, 0.15) is 6.92 Å². The van der Waals surface area contributed by atoms with Gasteiger partial charge in [-0.05, 0) is 55.5 Å². The smallest absolute Gasteiger partial charge is 0.327 e. The summed E-state index contributed by atoms with van der Waals surface area (Å²) in [5.41, 5.74) is 2.87. The average molecular weight is 401 g/mol. The van der Waals surface area contributed by atoms with E-state index in [2.05, 4.69) is 5.10 Å². The van der Waals surface area contributed by atoms with Gasteiger partial charge in [0.15, 0.2) is 0 Å². The van der Waals surface area contributed by atoms with Crippen molar-refractivity contribution in [3.63, 3.8) is 0 Å². The first-order valence-corrected chi connectivity index (χ1v) is 9.16. The average Bonchev–Trinajstić information content (AvgIpc) is 3.04. The highest BCUT2D eigenvalue weighted by Gasteiger charge is 2.21. The van der Waals surface area contributed by atoms with Crippen molar-refractivity contribution < 1.29 is 19.0 Å². The van der Waals surface area contributed by atoms with E-state index in [1.165, 1.54) is 0 Å². The van der Waals surface area contributed by atoms with Crippen LogP contribution in [0.4, 0.5) is 0 Å². The fourth-order valence-electron chi connectivity index (χ4n) is 2.84. The van der Waals surface area contributed by atoms with Gasteiger partial charge in [0.05, 0.1) is 31.5 Å². The molecule has 7 heteroatoms. The van der Waals surface area contributed by atoms with Gasteiger partial charge in [0.1, 0.15) is 23.7 Å². The number of carbonyl (C=O) groups excluding carboxylic acids is 1. The Balaban J connectivity index is 2.08. The van der Waals surface area contributed by atoms with E-state index in [9.17, 15) is 4.79 Å². The molecule has 1 aromatic heterocycles. The van der Waals surface area contributed by atoms with Crippen molar-refractivity contribution in [2.45, 2.75) is 13.5 Å². The van der Waals surface area contributed by atoms with Crippen molar-refractivity contribution in [1.82, 2.24) is 9.78 Å². The normalized spacial score (nSPS) is 10.6. The quantitative estimate of drug-likeness (QED) is 0.548. The van der Waals surface area contributed by atoms with E-state index >= 15 is 0 Å². The number of hydrogen-bond acceptors (Lipinski definition) is 5. The Labute approximate surface area is 168 Å². The molecule has 3 rings (SSSR count). The minimum Gasteiger partial charge on any atom is -0.497 e. The molecule has 0 fully saturated rings. The van der Waals surface area contributed by atoms with Crippen LogP contribution in [0.15, 0.2) is 48.5 Å². The molecule has 0 saturated heterocycles. The summed E-state index contributed by atoms with van der Waals surface area (Å²) in [5, 5.41) is 5.05. The van der Waals surface area contributed by atoms with Crippen LogP contribution < -0.4 is 9.47 Å². The van der Waals surface area contributed by atoms with Gasteiger partial charge in [0.25, 0.3) is 0 Å². The maximum Gasteiger partial charge on any atom is 0.327 e. The highest BCUT2D eigenvalue weighted by Crippen LogP contribution is 2.37. The molecule has 1 heterocycles. The zero-order valence-corrected chi connectivity index (χ0v) is 16.7. The van der Waals surface area contributed by atoms with Crippen molar-refractivity contribution in [3.05, 3.63) is 53.6 Å². The molecule has 0 radical (unpaired) electrons. The number of esters is 1. The summed E-state index contributed by atoms with van der Waals surface area (Å²) in [7, 11) is 3.21. The van der Waals surface area contributed by atoms with Crippen LogP contribution in [0, 0.1) is 0 Å². The SMILES string of the molecule is CCOC(=O)Cn1nc(-c2ccc(OC)cc2)c(Cl)c1-c1ccc(OC)cc1. The van der Waals surface area contributed by atoms with Crippen LogP contribution in [0.5, 0.6) is 11.5 Å². The summed E-state index contributed by atoms with van der Waals surface area (Å²) in [6, 6.07) is 14.8. The van der Waals surface area contributed by atoms with E-state index in [0.29, 0.717) is 23.0 Å². The number of ether oxygens (including phenoxy) is 3. The molecule has 0 bridgehead atoms. The molecule has 146 valence electrons. The maximum atomic E-state index is 12.1. The molecule has 0 aliphatic carbocycles. The topological polar surface area (TPSA) is 62.6 Å². The Morgan fingerprint density at radius 3 is 2.00 bits per heavy atom. The van der Waals surface area contributed by atoms with Crippen molar-refractivity contribution in [2.75, 3.05) is 20.8 Å². The number of carbonyl (C=O) groups is 1. The third-order valence-electron chi connectivity index (χ3n) is 4.21. The van der Waals surface area contributed by atoms with Crippen molar-refractivity contribution in [3.8, 4) is 34.0 Å². The van der Waals surface area contributed by atoms with E-state index < -0.39 is 0 Å². The van der Waals surface area contributed by atoms with Crippen LogP contribution in [-0.2, 0) is 16.1 Å². The van der Waals surface area contributed by atoms with Gasteiger partial charge in [-0.1, -0.05) is 11.6 Å². The van der Waals surface area contributed by atoms with Crippen LogP contribution in [0.3, 0.4) is 0 Å². The molecule has 0 atom stereocenters. The minimum atomic E-state index is -0.377. The van der Waals surface area contributed by atoms with Gasteiger partial charge in [-0.2, -0.15) is 5.10 Å². The first-order chi connectivity index (χ1) is 13.6. The van der Waals surface area contributed by atoms with Gasteiger partial charge in [-0.25, -0.2) is 0 Å². The number of methoxy groups -OCH3 is 2. The van der Waals surface area contributed by atoms with Crippen molar-refractivity contribution in [1.29, 1.82) is 0 Å². The Kier molecular flexibility index (Phi) is 6.21. The van der Waals surface area contributed by atoms with Gasteiger partial charge in [-0.3, -0.25) is 9.48 Å². The van der Waals surface area contributed by atoms with E-state index in [0.717, 1.165) is 22.6 Å². The zero-order valence-electron chi connectivity index (χ0n) is 15.9. The minimum absolute atomic E-state index is 0.0366. The monoisotopic (exact) mass is 400 g/mol. The second-order valence-corrected chi connectivity index (χ2v) is 6.31. The van der Waals surface area contributed by atoms with E-state index in [1.807, 2.05) is 48.5 Å². The molecule has 28 heavy (non-hydrogen) atoms. The molecule has 0 amide bonds. The number of halogens is 1. The highest BCUT2D eigenvalue weighted by atomic mass is 35.5. The van der Waals surface area contributed by atoms with Gasteiger partial charge >= 0.3 is 5.97 Å². The largest absolute Gasteiger partial charge is 0.497 e. The summed E-state index contributed by atoms with van der Waals surface area (Å²) >= 11 is 6.71. The summed E-state index contributed by atoms with van der Waals surface area (Å²) < 4.78 is 17.1. The van der Waals surface area contributed by atoms with E-state index in [1.54, 1.807) is 25.8 Å². The van der Waals surface area contributed by atoms with E-state index in [4.69, 9.17) is 25.8 Å². The second kappa shape index (κ2) is 8.80. The van der Waals surface area contributed by atoms with Gasteiger partial charge in [0, 0.05) is 11.1 Å². The van der Waals surface area contributed by atoms with Crippen molar-refractivity contribution in [2.24, 2.45) is 0 Å².